The maximum atomic E-state index is 12.5. The number of hydrogen-bond donors (Lipinski definition) is 6. The Labute approximate surface area is 473 Å². The molecule has 2 aromatic carbocycles. The van der Waals surface area contributed by atoms with Gasteiger partial charge in [-0.05, 0) is 73.6 Å². The fourth-order valence-corrected chi connectivity index (χ4v) is 11.2. The lowest BCUT2D eigenvalue weighted by atomic mass is 9.91. The molecule has 2 aliphatic carbocycles. The standard InChI is InChI=1S/C58H94N6O14S/c59-49-13-15-50(16-14-49)62-52-43-51(52)47-11-9-46(10-12-47)48-5-3-4-45(42-48)8-17-56(66)61-19-21-69-23-25-71-27-29-73-31-33-75-35-37-77-39-41-78-40-38-76-36-34-74-32-30-72-28-26-70-24-22-68-20-18-60-55(65)7-2-1-6-54-57-53(44-79-54)63-58(67)64-57/h3-5,9-12,42,49-54,57,62H,1-2,6-8,13-41,43-44,59H2,(H,60,65)(H,61,66)(H2,63,64,67)/t49-,50-,51-,52+,53-,54-,57-/m0/s1. The van der Waals surface area contributed by atoms with E-state index in [2.05, 4.69) is 75.1 Å². The van der Waals surface area contributed by atoms with Crippen LogP contribution in [0.3, 0.4) is 0 Å². The van der Waals surface area contributed by atoms with Crippen molar-refractivity contribution in [2.45, 2.75) is 112 Å². The number of hydrogen-bond acceptors (Lipinski definition) is 17. The molecule has 0 bridgehead atoms. The predicted octanol–water partition coefficient (Wildman–Crippen LogP) is 4.14. The van der Waals surface area contributed by atoms with Gasteiger partial charge in [0.05, 0.1) is 157 Å². The second kappa shape index (κ2) is 40.6. The van der Waals surface area contributed by atoms with Gasteiger partial charge in [0.15, 0.2) is 0 Å². The van der Waals surface area contributed by atoms with Crippen molar-refractivity contribution >= 4 is 29.6 Å². The van der Waals surface area contributed by atoms with Crippen molar-refractivity contribution in [1.29, 1.82) is 0 Å². The van der Waals surface area contributed by atoms with Gasteiger partial charge in [-0.25, -0.2) is 4.79 Å². The Kier molecular flexibility index (Phi) is 33.3. The van der Waals surface area contributed by atoms with Crippen molar-refractivity contribution < 1.29 is 66.5 Å². The largest absolute Gasteiger partial charge is 0.377 e. The summed E-state index contributed by atoms with van der Waals surface area (Å²) >= 11 is 1.90. The molecular formula is C58H94N6O14S. The van der Waals surface area contributed by atoms with E-state index < -0.39 is 0 Å². The molecule has 0 spiro atoms. The van der Waals surface area contributed by atoms with Crippen LogP contribution >= 0.6 is 11.8 Å². The Morgan fingerprint density at radius 1 is 0.557 bits per heavy atom. The molecule has 20 nitrogen and oxygen atoms in total. The Hall–Kier alpha value is -3.52. The summed E-state index contributed by atoms with van der Waals surface area (Å²) < 4.78 is 61.0. The fraction of sp³-hybridized carbons (Fsp3) is 0.741. The van der Waals surface area contributed by atoms with E-state index in [1.165, 1.54) is 36.0 Å². The third kappa shape index (κ3) is 28.3. The van der Waals surface area contributed by atoms with Crippen LogP contribution < -0.4 is 32.3 Å². The average molecular weight is 1130 g/mol. The summed E-state index contributed by atoms with van der Waals surface area (Å²) in [5.74, 6) is 1.62. The molecule has 2 aromatic rings. The van der Waals surface area contributed by atoms with Gasteiger partial charge in [0.1, 0.15) is 0 Å². The number of aryl methyl sites for hydroxylation is 1. The third-order valence-corrected chi connectivity index (χ3v) is 15.7. The summed E-state index contributed by atoms with van der Waals surface area (Å²) in [4.78, 5) is 36.1. The number of fused-ring (bicyclic) bond motifs is 1. The quantitative estimate of drug-likeness (QED) is 0.0403. The Bertz CT molecular complexity index is 1940. The summed E-state index contributed by atoms with van der Waals surface area (Å²) in [6.45, 7) is 11.3. The third-order valence-electron chi connectivity index (χ3n) is 14.2. The van der Waals surface area contributed by atoms with Gasteiger partial charge in [0.25, 0.3) is 0 Å². The molecule has 0 radical (unpaired) electrons. The minimum atomic E-state index is -0.0632. The Morgan fingerprint density at radius 3 is 1.54 bits per heavy atom. The van der Waals surface area contributed by atoms with Crippen LogP contribution in [0.5, 0.6) is 0 Å². The molecule has 4 aliphatic rings. The fourth-order valence-electron chi connectivity index (χ4n) is 9.70. The first-order valence-corrected chi connectivity index (χ1v) is 30.2. The first-order chi connectivity index (χ1) is 38.9. The molecule has 2 saturated carbocycles. The number of benzene rings is 2. The van der Waals surface area contributed by atoms with E-state index in [1.807, 2.05) is 11.8 Å². The Balaban J connectivity index is 0.581. The molecule has 4 fully saturated rings. The molecule has 7 N–H and O–H groups in total. The van der Waals surface area contributed by atoms with E-state index in [9.17, 15) is 14.4 Å². The van der Waals surface area contributed by atoms with Crippen LogP contribution in [0.25, 0.3) is 11.1 Å². The minimum absolute atomic E-state index is 0.0162. The number of nitrogens with one attached hydrogen (secondary N) is 5. The van der Waals surface area contributed by atoms with Crippen LogP contribution in [0.4, 0.5) is 4.79 Å². The molecule has 2 saturated heterocycles. The van der Waals surface area contributed by atoms with Crippen LogP contribution in [0.1, 0.15) is 81.3 Å². The van der Waals surface area contributed by atoms with Crippen LogP contribution in [0.2, 0.25) is 0 Å². The number of carbonyl (C=O) groups excluding carboxylic acids is 3. The van der Waals surface area contributed by atoms with Gasteiger partial charge in [-0.3, -0.25) is 9.59 Å². The van der Waals surface area contributed by atoms with Crippen molar-refractivity contribution in [3.63, 3.8) is 0 Å². The number of ether oxygens (including phenoxy) is 11. The topological polar surface area (TPSA) is 239 Å². The summed E-state index contributed by atoms with van der Waals surface area (Å²) in [5.41, 5.74) is 11.0. The van der Waals surface area contributed by atoms with E-state index >= 15 is 0 Å². The van der Waals surface area contributed by atoms with Gasteiger partial charge >= 0.3 is 6.03 Å². The molecule has 4 amide bonds. The molecule has 0 unspecified atom stereocenters. The first-order valence-electron chi connectivity index (χ1n) is 29.2. The normalized spacial score (nSPS) is 21.4. The summed E-state index contributed by atoms with van der Waals surface area (Å²) in [7, 11) is 0. The van der Waals surface area contributed by atoms with Gasteiger partial charge < -0.3 is 84.4 Å². The Morgan fingerprint density at radius 2 is 1.04 bits per heavy atom. The maximum Gasteiger partial charge on any atom is 0.315 e. The number of nitrogens with two attached hydrogens (primary N) is 1. The molecular weight excluding hydrogens is 1040 g/mol. The zero-order valence-corrected chi connectivity index (χ0v) is 47.6. The molecule has 2 heterocycles. The number of amides is 4. The van der Waals surface area contributed by atoms with E-state index in [-0.39, 0.29) is 29.9 Å². The average Bonchev–Trinajstić information content (AvgIpc) is 4.15. The smallest absolute Gasteiger partial charge is 0.315 e. The highest BCUT2D eigenvalue weighted by Crippen LogP contribution is 2.42. The number of urea groups is 1. The lowest BCUT2D eigenvalue weighted by Crippen LogP contribution is -2.38. The molecule has 79 heavy (non-hydrogen) atoms. The highest BCUT2D eigenvalue weighted by Gasteiger charge is 2.42. The number of carbonyl (C=O) groups is 3. The molecule has 2 aliphatic heterocycles. The van der Waals surface area contributed by atoms with Crippen LogP contribution in [-0.4, -0.2) is 217 Å². The monoisotopic (exact) mass is 1130 g/mol. The molecule has 21 heteroatoms. The number of unbranched alkanes of at least 4 members (excludes halogenated alkanes) is 1. The second-order valence-electron chi connectivity index (χ2n) is 20.4. The lowest BCUT2D eigenvalue weighted by Gasteiger charge is -2.27. The van der Waals surface area contributed by atoms with E-state index in [0.717, 1.165) is 43.4 Å². The van der Waals surface area contributed by atoms with E-state index in [1.54, 1.807) is 0 Å². The number of rotatable bonds is 48. The van der Waals surface area contributed by atoms with Crippen LogP contribution in [-0.2, 0) is 68.1 Å². The molecule has 6 rings (SSSR count). The highest BCUT2D eigenvalue weighted by molar-refractivity contribution is 8.00. The van der Waals surface area contributed by atoms with Crippen molar-refractivity contribution in [2.24, 2.45) is 5.73 Å². The zero-order chi connectivity index (χ0) is 55.2. The van der Waals surface area contributed by atoms with Crippen molar-refractivity contribution in [3.05, 3.63) is 59.7 Å². The van der Waals surface area contributed by atoms with Gasteiger partial charge in [-0.15, -0.1) is 0 Å². The highest BCUT2D eigenvalue weighted by atomic mass is 32.2. The van der Waals surface area contributed by atoms with Gasteiger partial charge in [0.2, 0.25) is 11.8 Å². The molecule has 446 valence electrons. The minimum Gasteiger partial charge on any atom is -0.377 e. The van der Waals surface area contributed by atoms with E-state index in [4.69, 9.17) is 57.8 Å². The van der Waals surface area contributed by atoms with Crippen LogP contribution in [0, 0.1) is 0 Å². The molecule has 5 atom stereocenters. The summed E-state index contributed by atoms with van der Waals surface area (Å²) in [6, 6.07) is 19.5. The predicted molar refractivity (Wildman–Crippen MR) is 304 cm³/mol. The van der Waals surface area contributed by atoms with Gasteiger partial charge in [-0.2, -0.15) is 11.8 Å². The van der Waals surface area contributed by atoms with Gasteiger partial charge in [0, 0.05) is 61.0 Å². The first kappa shape index (κ1) is 64.6. The van der Waals surface area contributed by atoms with Crippen molar-refractivity contribution in [2.75, 3.05) is 164 Å². The van der Waals surface area contributed by atoms with Crippen molar-refractivity contribution in [3.8, 4) is 11.1 Å². The zero-order valence-electron chi connectivity index (χ0n) is 46.8. The molecule has 0 aromatic heterocycles. The summed E-state index contributed by atoms with van der Waals surface area (Å²) in [5, 5.41) is 16.1. The van der Waals surface area contributed by atoms with E-state index in [0.29, 0.717) is 207 Å². The van der Waals surface area contributed by atoms with Crippen molar-refractivity contribution in [1.82, 2.24) is 26.6 Å². The van der Waals surface area contributed by atoms with Gasteiger partial charge in [-0.1, -0.05) is 55.0 Å². The maximum absolute atomic E-state index is 12.5. The van der Waals surface area contributed by atoms with Crippen LogP contribution in [0.15, 0.2) is 48.5 Å². The summed E-state index contributed by atoms with van der Waals surface area (Å²) in [6.07, 6.45) is 10.3. The lowest BCUT2D eigenvalue weighted by molar-refractivity contribution is -0.122. The SMILES string of the molecule is N[C@H]1CC[C@H](N[C@@H]2C[C@H]2c2ccc(-c3cccc(CCC(=O)NCCOCCOCCOCCOCCOCCOCCOCCOCCOCCOCCOCCNC(=O)CCCC[C@@H]4SC[C@@H]5NC(=O)N[C@@H]54)c3)cc2)CC1. The second-order valence-corrected chi connectivity index (χ2v) is 21.6. The number of thioether (sulfide) groups is 1.